The molecule has 0 atom stereocenters. The van der Waals surface area contributed by atoms with Crippen LogP contribution in [0, 0.1) is 5.92 Å². The Kier molecular flexibility index (Phi) is 2.86. The van der Waals surface area contributed by atoms with Crippen molar-refractivity contribution in [2.75, 3.05) is 0 Å². The van der Waals surface area contributed by atoms with E-state index in [2.05, 4.69) is 15.0 Å². The second kappa shape index (κ2) is 4.06. The van der Waals surface area contributed by atoms with Crippen LogP contribution in [0.5, 0.6) is 0 Å². The van der Waals surface area contributed by atoms with Crippen LogP contribution in [0.1, 0.15) is 19.7 Å². The number of fused-ring (bicyclic) bond motifs is 1. The number of nitrogens with zero attached hydrogens (tertiary/aromatic N) is 2. The van der Waals surface area contributed by atoms with Crippen molar-refractivity contribution in [2.24, 2.45) is 5.92 Å². The van der Waals surface area contributed by atoms with Gasteiger partial charge in [-0.1, -0.05) is 17.7 Å². The van der Waals surface area contributed by atoms with Crippen molar-refractivity contribution in [3.63, 3.8) is 0 Å². The van der Waals surface area contributed by atoms with Crippen LogP contribution >= 0.6 is 0 Å². The van der Waals surface area contributed by atoms with E-state index in [1.807, 2.05) is 13.8 Å². The summed E-state index contributed by atoms with van der Waals surface area (Å²) in [6.07, 6.45) is 2.00. The molecule has 0 bridgehead atoms. The number of hydrogen-bond donors (Lipinski definition) is 1. The number of rotatable bonds is 3. The molecule has 7 heteroatoms. The molecular formula is C10H12FN3O2S. The first kappa shape index (κ1) is 12.0. The average Bonchev–Trinajstić information content (AvgIpc) is 2.61. The van der Waals surface area contributed by atoms with Crippen molar-refractivity contribution in [3.05, 3.63) is 18.1 Å². The molecule has 0 radical (unpaired) electrons. The summed E-state index contributed by atoms with van der Waals surface area (Å²) in [7, 11) is -4.83. The molecule has 0 saturated heterocycles. The molecular weight excluding hydrogens is 245 g/mol. The average molecular weight is 257 g/mol. The Morgan fingerprint density at radius 3 is 2.71 bits per heavy atom. The molecule has 0 aliphatic carbocycles. The van der Waals surface area contributed by atoms with E-state index in [1.165, 1.54) is 12.3 Å². The van der Waals surface area contributed by atoms with E-state index in [0.29, 0.717) is 17.9 Å². The number of H-pyrrole nitrogens is 1. The third kappa shape index (κ3) is 2.44. The normalized spacial score (nSPS) is 12.5. The zero-order valence-electron chi connectivity index (χ0n) is 9.44. The Bertz CT molecular complexity index is 649. The van der Waals surface area contributed by atoms with E-state index in [9.17, 15) is 12.3 Å². The van der Waals surface area contributed by atoms with Gasteiger partial charge in [-0.3, -0.25) is 0 Å². The third-order valence-electron chi connectivity index (χ3n) is 2.25. The van der Waals surface area contributed by atoms with E-state index >= 15 is 0 Å². The fourth-order valence-corrected chi connectivity index (χ4v) is 2.24. The van der Waals surface area contributed by atoms with Crippen LogP contribution in [0.2, 0.25) is 0 Å². The maximum Gasteiger partial charge on any atom is 0.350 e. The number of nitrogens with one attached hydrogen (secondary N) is 1. The molecule has 0 amide bonds. The van der Waals surface area contributed by atoms with Gasteiger partial charge in [-0.15, -0.1) is 0 Å². The minimum absolute atomic E-state index is 0.181. The summed E-state index contributed by atoms with van der Waals surface area (Å²) in [5.74, 6) is 0.587. The monoisotopic (exact) mass is 257 g/mol. The number of hydrogen-bond acceptors (Lipinski definition) is 4. The fraction of sp³-hybridized carbons (Fsp3) is 0.400. The molecule has 0 unspecified atom stereocenters. The largest absolute Gasteiger partial charge is 0.350 e. The van der Waals surface area contributed by atoms with Gasteiger partial charge >= 0.3 is 10.2 Å². The highest BCUT2D eigenvalue weighted by molar-refractivity contribution is 7.86. The van der Waals surface area contributed by atoms with Gasteiger partial charge in [0.15, 0.2) is 5.03 Å². The molecule has 1 N–H and O–H groups in total. The fourth-order valence-electron chi connectivity index (χ4n) is 1.60. The Labute approximate surface area is 98.3 Å². The highest BCUT2D eigenvalue weighted by Gasteiger charge is 2.21. The summed E-state index contributed by atoms with van der Waals surface area (Å²) >= 11 is 0. The number of halogens is 1. The molecule has 0 aromatic carbocycles. The van der Waals surface area contributed by atoms with Gasteiger partial charge in [-0.25, -0.2) is 9.97 Å². The maximum absolute atomic E-state index is 13.1. The minimum Gasteiger partial charge on any atom is -0.346 e. The van der Waals surface area contributed by atoms with Crippen molar-refractivity contribution in [2.45, 2.75) is 25.3 Å². The Morgan fingerprint density at radius 1 is 1.41 bits per heavy atom. The molecule has 17 heavy (non-hydrogen) atoms. The lowest BCUT2D eigenvalue weighted by atomic mass is 10.1. The highest BCUT2D eigenvalue weighted by Crippen LogP contribution is 2.21. The predicted octanol–water partition coefficient (Wildman–Crippen LogP) is 1.81. The first-order chi connectivity index (χ1) is 7.88. The van der Waals surface area contributed by atoms with Crippen LogP contribution < -0.4 is 0 Å². The molecule has 2 heterocycles. The summed E-state index contributed by atoms with van der Waals surface area (Å²) in [5, 5.41) is -0.376. The Balaban J connectivity index is 2.67. The number of aromatic amines is 1. The Morgan fingerprint density at radius 2 is 2.12 bits per heavy atom. The van der Waals surface area contributed by atoms with Crippen molar-refractivity contribution in [3.8, 4) is 0 Å². The second-order valence-corrected chi connectivity index (χ2v) is 5.48. The van der Waals surface area contributed by atoms with Gasteiger partial charge in [-0.05, 0) is 12.0 Å². The van der Waals surface area contributed by atoms with Crippen LogP contribution in [0.15, 0.2) is 17.3 Å². The van der Waals surface area contributed by atoms with E-state index in [0.717, 1.165) is 0 Å². The van der Waals surface area contributed by atoms with Crippen molar-refractivity contribution < 1.29 is 12.3 Å². The van der Waals surface area contributed by atoms with Crippen LogP contribution in [-0.2, 0) is 16.6 Å². The zero-order valence-corrected chi connectivity index (χ0v) is 10.3. The van der Waals surface area contributed by atoms with Crippen molar-refractivity contribution in [1.29, 1.82) is 0 Å². The lowest BCUT2D eigenvalue weighted by molar-refractivity contribution is 0.546. The summed E-state index contributed by atoms with van der Waals surface area (Å²) in [6.45, 7) is 3.90. The van der Waals surface area contributed by atoms with E-state index < -0.39 is 15.2 Å². The van der Waals surface area contributed by atoms with E-state index in [-0.39, 0.29) is 11.3 Å². The topological polar surface area (TPSA) is 75.7 Å². The number of aromatic nitrogens is 3. The molecule has 0 saturated carbocycles. The van der Waals surface area contributed by atoms with Crippen LogP contribution in [0.25, 0.3) is 11.0 Å². The lowest BCUT2D eigenvalue weighted by Gasteiger charge is -2.05. The first-order valence-corrected chi connectivity index (χ1v) is 6.55. The van der Waals surface area contributed by atoms with E-state index in [1.54, 1.807) is 0 Å². The van der Waals surface area contributed by atoms with Crippen LogP contribution in [-0.4, -0.2) is 23.4 Å². The molecule has 5 nitrogen and oxygen atoms in total. The van der Waals surface area contributed by atoms with Gasteiger partial charge in [0.1, 0.15) is 11.5 Å². The highest BCUT2D eigenvalue weighted by atomic mass is 32.3. The molecule has 2 aromatic rings. The third-order valence-corrected chi connectivity index (χ3v) is 3.02. The van der Waals surface area contributed by atoms with Gasteiger partial charge in [0.25, 0.3) is 0 Å². The molecule has 2 rings (SSSR count). The SMILES string of the molecule is CC(C)Cc1nc(S(=O)(=O)F)c2cc[nH]c2n1. The van der Waals surface area contributed by atoms with Gasteiger partial charge < -0.3 is 4.98 Å². The van der Waals surface area contributed by atoms with Crippen molar-refractivity contribution in [1.82, 2.24) is 15.0 Å². The molecule has 0 spiro atoms. The van der Waals surface area contributed by atoms with E-state index in [4.69, 9.17) is 0 Å². The molecule has 0 aliphatic heterocycles. The van der Waals surface area contributed by atoms with Gasteiger partial charge in [-0.2, -0.15) is 8.42 Å². The molecule has 92 valence electrons. The summed E-state index contributed by atoms with van der Waals surface area (Å²) < 4.78 is 35.1. The summed E-state index contributed by atoms with van der Waals surface area (Å²) in [4.78, 5) is 10.7. The smallest absolute Gasteiger partial charge is 0.346 e. The van der Waals surface area contributed by atoms with Gasteiger partial charge in [0.2, 0.25) is 0 Å². The first-order valence-electron chi connectivity index (χ1n) is 5.16. The summed E-state index contributed by atoms with van der Waals surface area (Å²) in [6, 6.07) is 1.45. The second-order valence-electron chi connectivity index (χ2n) is 4.22. The van der Waals surface area contributed by atoms with Crippen LogP contribution in [0.3, 0.4) is 0 Å². The molecule has 0 fully saturated rings. The standard InChI is InChI=1S/C10H12FN3O2S/c1-6(2)5-8-13-9-7(3-4-12-9)10(14-8)17(11,15)16/h3-4,6H,5H2,1-2H3,(H,12,13,14). The van der Waals surface area contributed by atoms with Gasteiger partial charge in [0, 0.05) is 12.6 Å². The maximum atomic E-state index is 13.1. The lowest BCUT2D eigenvalue weighted by Crippen LogP contribution is -2.06. The van der Waals surface area contributed by atoms with Crippen molar-refractivity contribution >= 4 is 21.3 Å². The molecule has 2 aromatic heterocycles. The summed E-state index contributed by atoms with van der Waals surface area (Å²) in [5.41, 5.74) is 0.340. The zero-order chi connectivity index (χ0) is 12.6. The Hall–Kier alpha value is -1.50. The predicted molar refractivity (Wildman–Crippen MR) is 60.7 cm³/mol. The minimum atomic E-state index is -4.83. The molecule has 0 aliphatic rings. The quantitative estimate of drug-likeness (QED) is 0.672. The van der Waals surface area contributed by atoms with Crippen LogP contribution in [0.4, 0.5) is 3.89 Å². The van der Waals surface area contributed by atoms with Gasteiger partial charge in [0.05, 0.1) is 5.39 Å².